The number of hydrogen-bond acceptors (Lipinski definition) is 4. The SMILES string of the molecule is CCCNC(=O)c1cccc(CNCc2cc3ccccc3nc2N2CCCCC2)c1. The number of nitrogens with one attached hydrogen (secondary N) is 2. The first-order valence-corrected chi connectivity index (χ1v) is 11.5. The molecule has 31 heavy (non-hydrogen) atoms. The maximum Gasteiger partial charge on any atom is 0.251 e. The van der Waals surface area contributed by atoms with Gasteiger partial charge in [0, 0.05) is 49.2 Å². The van der Waals surface area contributed by atoms with Crippen molar-refractivity contribution in [3.05, 3.63) is 71.3 Å². The molecule has 2 heterocycles. The predicted molar refractivity (Wildman–Crippen MR) is 127 cm³/mol. The number of fused-ring (bicyclic) bond motifs is 1. The van der Waals surface area contributed by atoms with Crippen molar-refractivity contribution in [1.29, 1.82) is 0 Å². The van der Waals surface area contributed by atoms with Gasteiger partial charge >= 0.3 is 0 Å². The van der Waals surface area contributed by atoms with Crippen LogP contribution < -0.4 is 15.5 Å². The van der Waals surface area contributed by atoms with Crippen molar-refractivity contribution < 1.29 is 4.79 Å². The van der Waals surface area contributed by atoms with Crippen LogP contribution in [0.1, 0.15) is 54.1 Å². The molecule has 1 aromatic heterocycles. The molecule has 4 rings (SSSR count). The van der Waals surface area contributed by atoms with Gasteiger partial charge in [-0.1, -0.05) is 37.3 Å². The van der Waals surface area contributed by atoms with Crippen LogP contribution in [-0.4, -0.2) is 30.5 Å². The van der Waals surface area contributed by atoms with Gasteiger partial charge in [0.25, 0.3) is 5.91 Å². The van der Waals surface area contributed by atoms with Gasteiger partial charge in [0.1, 0.15) is 5.82 Å². The summed E-state index contributed by atoms with van der Waals surface area (Å²) in [5, 5.41) is 7.69. The van der Waals surface area contributed by atoms with Crippen LogP contribution in [0.25, 0.3) is 10.9 Å². The standard InChI is InChI=1S/C26H32N4O/c1-2-13-28-26(31)22-11-8-9-20(16-22)18-27-19-23-17-21-10-4-5-12-24(21)29-25(23)30-14-6-3-7-15-30/h4-5,8-12,16-17,27H,2-3,6-7,13-15,18-19H2,1H3,(H,28,31). The summed E-state index contributed by atoms with van der Waals surface area (Å²) >= 11 is 0. The highest BCUT2D eigenvalue weighted by molar-refractivity contribution is 5.94. The monoisotopic (exact) mass is 416 g/mol. The van der Waals surface area contributed by atoms with Gasteiger partial charge in [0.15, 0.2) is 0 Å². The maximum atomic E-state index is 12.2. The average molecular weight is 417 g/mol. The maximum absolute atomic E-state index is 12.2. The van der Waals surface area contributed by atoms with Gasteiger partial charge in [-0.2, -0.15) is 0 Å². The second kappa shape index (κ2) is 10.4. The van der Waals surface area contributed by atoms with E-state index in [1.807, 2.05) is 18.2 Å². The van der Waals surface area contributed by atoms with E-state index >= 15 is 0 Å². The lowest BCUT2D eigenvalue weighted by Gasteiger charge is -2.30. The normalized spacial score (nSPS) is 14.0. The first-order chi connectivity index (χ1) is 15.2. The summed E-state index contributed by atoms with van der Waals surface area (Å²) in [5.41, 5.74) is 4.11. The summed E-state index contributed by atoms with van der Waals surface area (Å²) in [6, 6.07) is 18.5. The molecule has 1 fully saturated rings. The predicted octanol–water partition coefficient (Wildman–Crippen LogP) is 4.65. The van der Waals surface area contributed by atoms with Gasteiger partial charge in [-0.15, -0.1) is 0 Å². The second-order valence-corrected chi connectivity index (χ2v) is 8.27. The third-order valence-corrected chi connectivity index (χ3v) is 5.80. The smallest absolute Gasteiger partial charge is 0.251 e. The highest BCUT2D eigenvalue weighted by Crippen LogP contribution is 2.26. The molecule has 1 aliphatic heterocycles. The minimum Gasteiger partial charge on any atom is -0.356 e. The fourth-order valence-corrected chi connectivity index (χ4v) is 4.16. The molecule has 2 aromatic carbocycles. The minimum absolute atomic E-state index is 0.00480. The van der Waals surface area contributed by atoms with Crippen LogP contribution in [0.15, 0.2) is 54.6 Å². The summed E-state index contributed by atoms with van der Waals surface area (Å²) in [7, 11) is 0. The summed E-state index contributed by atoms with van der Waals surface area (Å²) in [6.07, 6.45) is 4.70. The zero-order chi connectivity index (χ0) is 21.5. The van der Waals surface area contributed by atoms with Crippen LogP contribution >= 0.6 is 0 Å². The van der Waals surface area contributed by atoms with E-state index in [1.54, 1.807) is 0 Å². The molecule has 0 bridgehead atoms. The van der Waals surface area contributed by atoms with Gasteiger partial charge < -0.3 is 15.5 Å². The average Bonchev–Trinajstić information content (AvgIpc) is 2.83. The second-order valence-electron chi connectivity index (χ2n) is 8.27. The summed E-state index contributed by atoms with van der Waals surface area (Å²) in [4.78, 5) is 19.7. The molecule has 5 nitrogen and oxygen atoms in total. The Morgan fingerprint density at radius 2 is 1.84 bits per heavy atom. The molecule has 0 spiro atoms. The van der Waals surface area contributed by atoms with Crippen LogP contribution in [0.5, 0.6) is 0 Å². The first kappa shape index (κ1) is 21.3. The Bertz CT molecular complexity index is 1030. The van der Waals surface area contributed by atoms with Gasteiger partial charge in [-0.05, 0) is 55.5 Å². The molecule has 5 heteroatoms. The molecule has 162 valence electrons. The summed E-state index contributed by atoms with van der Waals surface area (Å²) < 4.78 is 0. The molecule has 0 atom stereocenters. The molecule has 0 radical (unpaired) electrons. The lowest BCUT2D eigenvalue weighted by Crippen LogP contribution is -2.31. The Morgan fingerprint density at radius 1 is 1.00 bits per heavy atom. The van der Waals surface area contributed by atoms with Crippen LogP contribution in [0.3, 0.4) is 0 Å². The number of anilines is 1. The zero-order valence-corrected chi connectivity index (χ0v) is 18.4. The van der Waals surface area contributed by atoms with E-state index in [0.717, 1.165) is 43.0 Å². The summed E-state index contributed by atoms with van der Waals surface area (Å²) in [5.74, 6) is 1.11. The van der Waals surface area contributed by atoms with Crippen molar-refractivity contribution in [2.45, 2.75) is 45.7 Å². The van der Waals surface area contributed by atoms with Crippen molar-refractivity contribution in [2.24, 2.45) is 0 Å². The van der Waals surface area contributed by atoms with Crippen LogP contribution in [0.2, 0.25) is 0 Å². The zero-order valence-electron chi connectivity index (χ0n) is 18.4. The number of carbonyl (C=O) groups excluding carboxylic acids is 1. The molecule has 1 aliphatic rings. The topological polar surface area (TPSA) is 57.3 Å². The fourth-order valence-electron chi connectivity index (χ4n) is 4.16. The number of aromatic nitrogens is 1. The van der Waals surface area contributed by atoms with Crippen molar-refractivity contribution >= 4 is 22.6 Å². The first-order valence-electron chi connectivity index (χ1n) is 11.5. The number of para-hydroxylation sites is 1. The number of rotatable bonds is 8. The lowest BCUT2D eigenvalue weighted by atomic mass is 10.1. The van der Waals surface area contributed by atoms with Gasteiger partial charge in [-0.3, -0.25) is 4.79 Å². The number of pyridine rings is 1. The Morgan fingerprint density at radius 3 is 2.68 bits per heavy atom. The molecular formula is C26H32N4O. The van der Waals surface area contributed by atoms with Gasteiger partial charge in [-0.25, -0.2) is 4.98 Å². The van der Waals surface area contributed by atoms with Gasteiger partial charge in [0.2, 0.25) is 0 Å². The molecule has 1 saturated heterocycles. The molecule has 0 unspecified atom stereocenters. The number of carbonyl (C=O) groups is 1. The Kier molecular flexibility index (Phi) is 7.15. The van der Waals surface area contributed by atoms with E-state index < -0.39 is 0 Å². The molecule has 2 N–H and O–H groups in total. The van der Waals surface area contributed by atoms with E-state index in [0.29, 0.717) is 18.7 Å². The highest BCUT2D eigenvalue weighted by Gasteiger charge is 2.17. The van der Waals surface area contributed by atoms with Crippen molar-refractivity contribution in [3.63, 3.8) is 0 Å². The lowest BCUT2D eigenvalue weighted by molar-refractivity contribution is 0.0953. The largest absolute Gasteiger partial charge is 0.356 e. The van der Waals surface area contributed by atoms with E-state index in [1.165, 1.54) is 30.2 Å². The Balaban J connectivity index is 1.48. The van der Waals surface area contributed by atoms with E-state index in [2.05, 4.69) is 58.9 Å². The molecule has 0 aliphatic carbocycles. The number of hydrogen-bond donors (Lipinski definition) is 2. The minimum atomic E-state index is -0.00480. The molecule has 3 aromatic rings. The number of benzene rings is 2. The number of piperidine rings is 1. The fraction of sp³-hybridized carbons (Fsp3) is 0.385. The van der Waals surface area contributed by atoms with Crippen molar-refractivity contribution in [2.75, 3.05) is 24.5 Å². The highest BCUT2D eigenvalue weighted by atomic mass is 16.1. The Labute approximate surface area is 184 Å². The van der Waals surface area contributed by atoms with Crippen molar-refractivity contribution in [3.8, 4) is 0 Å². The van der Waals surface area contributed by atoms with Gasteiger partial charge in [0.05, 0.1) is 5.52 Å². The Hall–Kier alpha value is -2.92. The van der Waals surface area contributed by atoms with Crippen LogP contribution in [0.4, 0.5) is 5.82 Å². The molecule has 0 saturated carbocycles. The van der Waals surface area contributed by atoms with Crippen LogP contribution in [0, 0.1) is 0 Å². The van der Waals surface area contributed by atoms with E-state index in [4.69, 9.17) is 4.98 Å². The molecular weight excluding hydrogens is 384 g/mol. The summed E-state index contributed by atoms with van der Waals surface area (Å²) in [6.45, 7) is 6.37. The van der Waals surface area contributed by atoms with E-state index in [9.17, 15) is 4.79 Å². The third kappa shape index (κ3) is 5.42. The third-order valence-electron chi connectivity index (χ3n) is 5.80. The number of nitrogens with zero attached hydrogens (tertiary/aromatic N) is 2. The van der Waals surface area contributed by atoms with Crippen LogP contribution in [-0.2, 0) is 13.1 Å². The quantitative estimate of drug-likeness (QED) is 0.561. The molecule has 1 amide bonds. The number of amides is 1. The van der Waals surface area contributed by atoms with Crippen molar-refractivity contribution in [1.82, 2.24) is 15.6 Å². The van der Waals surface area contributed by atoms with E-state index in [-0.39, 0.29) is 5.91 Å².